The second-order valence-corrected chi connectivity index (χ2v) is 4.55. The Hall–Kier alpha value is -1.96. The maximum Gasteiger partial charge on any atom is 0.127 e. The van der Waals surface area contributed by atoms with Gasteiger partial charge in [0, 0.05) is 5.69 Å². The number of nitrogens with two attached hydrogens (primary N) is 1. The number of rotatable bonds is 4. The first-order chi connectivity index (χ1) is 8.69. The molecule has 0 aliphatic heterocycles. The van der Waals surface area contributed by atoms with Crippen molar-refractivity contribution in [3.63, 3.8) is 0 Å². The Morgan fingerprint density at radius 1 is 0.944 bits per heavy atom. The van der Waals surface area contributed by atoms with Crippen molar-refractivity contribution in [2.45, 2.75) is 26.2 Å². The Balaban J connectivity index is 2.08. The number of hydrogen-bond acceptors (Lipinski definition) is 2. The van der Waals surface area contributed by atoms with Crippen molar-refractivity contribution in [1.29, 1.82) is 0 Å². The van der Waals surface area contributed by atoms with E-state index in [4.69, 9.17) is 10.5 Å². The van der Waals surface area contributed by atoms with Gasteiger partial charge in [-0.25, -0.2) is 0 Å². The van der Waals surface area contributed by atoms with Crippen LogP contribution in [0.3, 0.4) is 0 Å². The third-order valence-electron chi connectivity index (χ3n) is 3.18. The normalized spacial score (nSPS) is 12.1. The van der Waals surface area contributed by atoms with Crippen LogP contribution in [-0.2, 0) is 0 Å². The molecule has 0 heterocycles. The lowest BCUT2D eigenvalue weighted by Gasteiger charge is -2.10. The van der Waals surface area contributed by atoms with E-state index in [0.29, 0.717) is 5.92 Å². The summed E-state index contributed by atoms with van der Waals surface area (Å²) in [5.41, 5.74) is 7.73. The van der Waals surface area contributed by atoms with Gasteiger partial charge >= 0.3 is 0 Å². The Kier molecular flexibility index (Phi) is 3.88. The molecular weight excluding hydrogens is 222 g/mol. The second kappa shape index (κ2) is 5.58. The Bertz CT molecular complexity index is 488. The molecule has 0 saturated heterocycles. The zero-order chi connectivity index (χ0) is 13.0. The lowest BCUT2D eigenvalue weighted by molar-refractivity contribution is 0.482. The molecule has 2 nitrogen and oxygen atoms in total. The molecule has 2 aromatic rings. The van der Waals surface area contributed by atoms with Gasteiger partial charge in [-0.3, -0.25) is 0 Å². The summed E-state index contributed by atoms with van der Waals surface area (Å²) in [6, 6.07) is 15.7. The second-order valence-electron chi connectivity index (χ2n) is 4.55. The van der Waals surface area contributed by atoms with Gasteiger partial charge in [0.15, 0.2) is 0 Å². The van der Waals surface area contributed by atoms with Gasteiger partial charge in [0.2, 0.25) is 0 Å². The van der Waals surface area contributed by atoms with E-state index in [0.717, 1.165) is 23.6 Å². The van der Waals surface area contributed by atoms with Crippen LogP contribution in [0.25, 0.3) is 0 Å². The van der Waals surface area contributed by atoms with E-state index in [1.165, 1.54) is 5.56 Å². The maximum atomic E-state index is 5.75. The molecular formula is C16H19NO. The smallest absolute Gasteiger partial charge is 0.127 e. The molecule has 2 aromatic carbocycles. The van der Waals surface area contributed by atoms with E-state index in [1.54, 1.807) is 0 Å². The fourth-order valence-corrected chi connectivity index (χ4v) is 1.77. The van der Waals surface area contributed by atoms with Gasteiger partial charge in [-0.05, 0) is 54.3 Å². The summed E-state index contributed by atoms with van der Waals surface area (Å²) in [6.45, 7) is 4.43. The third-order valence-corrected chi connectivity index (χ3v) is 3.18. The molecule has 0 saturated carbocycles. The molecule has 18 heavy (non-hydrogen) atoms. The minimum absolute atomic E-state index is 0.593. The third kappa shape index (κ3) is 3.04. The van der Waals surface area contributed by atoms with Crippen LogP contribution in [0.15, 0.2) is 48.5 Å². The van der Waals surface area contributed by atoms with Gasteiger partial charge in [-0.1, -0.05) is 26.0 Å². The van der Waals surface area contributed by atoms with Crippen molar-refractivity contribution in [2.24, 2.45) is 0 Å². The molecule has 94 valence electrons. The van der Waals surface area contributed by atoms with E-state index in [9.17, 15) is 0 Å². The van der Waals surface area contributed by atoms with Crippen molar-refractivity contribution < 1.29 is 4.74 Å². The molecule has 0 spiro atoms. The SMILES string of the molecule is CC[C@H](C)c1ccc(Oc2ccc(N)cc2)cc1. The van der Waals surface area contributed by atoms with E-state index in [-0.39, 0.29) is 0 Å². The van der Waals surface area contributed by atoms with Crippen LogP contribution < -0.4 is 10.5 Å². The number of ether oxygens (including phenoxy) is 1. The Morgan fingerprint density at radius 3 is 1.94 bits per heavy atom. The molecule has 0 aliphatic rings. The lowest BCUT2D eigenvalue weighted by Crippen LogP contribution is -1.91. The van der Waals surface area contributed by atoms with Crippen molar-refractivity contribution in [3.05, 3.63) is 54.1 Å². The predicted molar refractivity (Wildman–Crippen MR) is 76.1 cm³/mol. The summed E-state index contributed by atoms with van der Waals surface area (Å²) < 4.78 is 5.75. The van der Waals surface area contributed by atoms with Crippen LogP contribution in [0.4, 0.5) is 5.69 Å². The van der Waals surface area contributed by atoms with Gasteiger partial charge < -0.3 is 10.5 Å². The van der Waals surface area contributed by atoms with Crippen LogP contribution in [0.1, 0.15) is 31.7 Å². The van der Waals surface area contributed by atoms with Crippen LogP contribution in [-0.4, -0.2) is 0 Å². The van der Waals surface area contributed by atoms with Crippen molar-refractivity contribution in [2.75, 3.05) is 5.73 Å². The average molecular weight is 241 g/mol. The highest BCUT2D eigenvalue weighted by Gasteiger charge is 2.03. The van der Waals surface area contributed by atoms with Crippen LogP contribution in [0.5, 0.6) is 11.5 Å². The molecule has 0 aliphatic carbocycles. The van der Waals surface area contributed by atoms with Gasteiger partial charge in [-0.15, -0.1) is 0 Å². The van der Waals surface area contributed by atoms with E-state index < -0.39 is 0 Å². The van der Waals surface area contributed by atoms with Crippen LogP contribution >= 0.6 is 0 Å². The quantitative estimate of drug-likeness (QED) is 0.795. The molecule has 0 unspecified atom stereocenters. The van der Waals surface area contributed by atoms with Gasteiger partial charge in [0.05, 0.1) is 0 Å². The Labute approximate surface area is 108 Å². The molecule has 0 radical (unpaired) electrons. The maximum absolute atomic E-state index is 5.75. The van der Waals surface area contributed by atoms with E-state index in [1.807, 2.05) is 36.4 Å². The first-order valence-electron chi connectivity index (χ1n) is 6.32. The van der Waals surface area contributed by atoms with Crippen molar-refractivity contribution in [3.8, 4) is 11.5 Å². The van der Waals surface area contributed by atoms with Gasteiger partial charge in [-0.2, -0.15) is 0 Å². The van der Waals surface area contributed by atoms with Crippen molar-refractivity contribution in [1.82, 2.24) is 0 Å². The molecule has 2 N–H and O–H groups in total. The summed E-state index contributed by atoms with van der Waals surface area (Å²) in [6.07, 6.45) is 1.15. The fraction of sp³-hybridized carbons (Fsp3) is 0.250. The molecule has 0 bridgehead atoms. The molecule has 0 fully saturated rings. The summed E-state index contributed by atoms with van der Waals surface area (Å²) >= 11 is 0. The lowest BCUT2D eigenvalue weighted by atomic mass is 9.99. The summed E-state index contributed by atoms with van der Waals surface area (Å²) in [7, 11) is 0. The monoisotopic (exact) mass is 241 g/mol. The zero-order valence-electron chi connectivity index (χ0n) is 10.9. The van der Waals surface area contributed by atoms with Crippen molar-refractivity contribution >= 4 is 5.69 Å². The average Bonchev–Trinajstić information content (AvgIpc) is 2.41. The number of nitrogen functional groups attached to an aromatic ring is 1. The number of benzene rings is 2. The summed E-state index contributed by atoms with van der Waals surface area (Å²) in [5, 5.41) is 0. The molecule has 0 aromatic heterocycles. The highest BCUT2D eigenvalue weighted by molar-refractivity contribution is 5.43. The fourth-order valence-electron chi connectivity index (χ4n) is 1.77. The van der Waals surface area contributed by atoms with Gasteiger partial charge in [0.1, 0.15) is 11.5 Å². The molecule has 1 atom stereocenters. The molecule has 2 rings (SSSR count). The van der Waals surface area contributed by atoms with E-state index >= 15 is 0 Å². The first kappa shape index (κ1) is 12.5. The summed E-state index contributed by atoms with van der Waals surface area (Å²) in [4.78, 5) is 0. The zero-order valence-corrected chi connectivity index (χ0v) is 10.9. The minimum atomic E-state index is 0.593. The first-order valence-corrected chi connectivity index (χ1v) is 6.32. The predicted octanol–water partition coefficient (Wildman–Crippen LogP) is 4.57. The molecule has 2 heteroatoms. The number of anilines is 1. The standard InChI is InChI=1S/C16H19NO/c1-3-12(2)13-4-8-15(9-5-13)18-16-10-6-14(17)7-11-16/h4-12H,3,17H2,1-2H3/t12-/m0/s1. The van der Waals surface area contributed by atoms with Crippen LogP contribution in [0, 0.1) is 0 Å². The minimum Gasteiger partial charge on any atom is -0.457 e. The largest absolute Gasteiger partial charge is 0.457 e. The van der Waals surface area contributed by atoms with Crippen LogP contribution in [0.2, 0.25) is 0 Å². The summed E-state index contributed by atoms with van der Waals surface area (Å²) in [5.74, 6) is 2.25. The highest BCUT2D eigenvalue weighted by atomic mass is 16.5. The number of hydrogen-bond donors (Lipinski definition) is 1. The topological polar surface area (TPSA) is 35.2 Å². The highest BCUT2D eigenvalue weighted by Crippen LogP contribution is 2.25. The molecule has 0 amide bonds. The Morgan fingerprint density at radius 2 is 1.44 bits per heavy atom. The van der Waals surface area contributed by atoms with E-state index in [2.05, 4.69) is 26.0 Å². The van der Waals surface area contributed by atoms with Gasteiger partial charge in [0.25, 0.3) is 0 Å².